The van der Waals surface area contributed by atoms with Gasteiger partial charge >= 0.3 is 0 Å². The molecule has 1 radical (unpaired) electrons. The van der Waals surface area contributed by atoms with Gasteiger partial charge in [0.2, 0.25) is 5.91 Å². The Morgan fingerprint density at radius 1 is 1.22 bits per heavy atom. The van der Waals surface area contributed by atoms with E-state index in [1.807, 2.05) is 48.5 Å². The molecule has 0 aliphatic heterocycles. The molecule has 0 aliphatic carbocycles. The molecule has 0 aromatic heterocycles. The van der Waals surface area contributed by atoms with Crippen LogP contribution in [0.1, 0.15) is 12.5 Å². The molecule has 0 heterocycles. The van der Waals surface area contributed by atoms with Crippen molar-refractivity contribution in [2.45, 2.75) is 13.5 Å². The molecular weight excluding hydrogens is 226 g/mol. The van der Waals surface area contributed by atoms with E-state index in [-0.39, 0.29) is 5.91 Å². The summed E-state index contributed by atoms with van der Waals surface area (Å²) in [6.45, 7) is 1.98. The molecule has 1 amide bonds. The Bertz CT molecular complexity index is 506. The molecule has 0 spiro atoms. The van der Waals surface area contributed by atoms with E-state index in [4.69, 9.17) is 4.74 Å². The fraction of sp³-hybridized carbons (Fsp3) is 0.133. The fourth-order valence-corrected chi connectivity index (χ4v) is 1.52. The lowest BCUT2D eigenvalue weighted by Crippen LogP contribution is -2.05. The molecule has 2 aromatic carbocycles. The highest BCUT2D eigenvalue weighted by Gasteiger charge is 1.98. The monoisotopic (exact) mass is 240 g/mol. The van der Waals surface area contributed by atoms with Crippen LogP contribution in [0.15, 0.2) is 48.5 Å². The number of hydrogen-bond acceptors (Lipinski definition) is 2. The van der Waals surface area contributed by atoms with E-state index in [2.05, 4.69) is 11.4 Å². The molecule has 0 aliphatic rings. The molecule has 3 heteroatoms. The van der Waals surface area contributed by atoms with Crippen LogP contribution in [0.25, 0.3) is 0 Å². The number of carbonyl (C=O) groups is 1. The summed E-state index contributed by atoms with van der Waals surface area (Å²) in [5.41, 5.74) is 1.83. The number of benzene rings is 2. The number of carbonyl (C=O) groups excluding carboxylic acids is 1. The number of rotatable bonds is 4. The third-order valence-corrected chi connectivity index (χ3v) is 2.35. The van der Waals surface area contributed by atoms with E-state index in [9.17, 15) is 4.79 Å². The van der Waals surface area contributed by atoms with Crippen molar-refractivity contribution in [3.05, 3.63) is 60.2 Å². The molecule has 18 heavy (non-hydrogen) atoms. The van der Waals surface area contributed by atoms with Gasteiger partial charge in [-0.25, -0.2) is 0 Å². The number of hydrogen-bond donors (Lipinski definition) is 1. The fourth-order valence-electron chi connectivity index (χ4n) is 1.52. The SMILES string of the molecule is CC(=O)Nc1ccc(COc2[c]cccc2)cc1. The quantitative estimate of drug-likeness (QED) is 0.892. The zero-order chi connectivity index (χ0) is 12.8. The van der Waals surface area contributed by atoms with Gasteiger partial charge in [-0.2, -0.15) is 0 Å². The van der Waals surface area contributed by atoms with Crippen LogP contribution in [0, 0.1) is 6.07 Å². The second-order valence-corrected chi connectivity index (χ2v) is 3.89. The number of anilines is 1. The predicted octanol–water partition coefficient (Wildman–Crippen LogP) is 3.02. The third kappa shape index (κ3) is 3.63. The van der Waals surface area contributed by atoms with Crippen molar-refractivity contribution in [3.63, 3.8) is 0 Å². The Balaban J connectivity index is 1.92. The number of nitrogens with one attached hydrogen (secondary N) is 1. The average Bonchev–Trinajstić information content (AvgIpc) is 2.38. The predicted molar refractivity (Wildman–Crippen MR) is 70.4 cm³/mol. The molecule has 2 aromatic rings. The van der Waals surface area contributed by atoms with E-state index in [0.29, 0.717) is 6.61 Å². The summed E-state index contributed by atoms with van der Waals surface area (Å²) in [6, 6.07) is 18.0. The van der Waals surface area contributed by atoms with Crippen LogP contribution in [0.5, 0.6) is 5.75 Å². The van der Waals surface area contributed by atoms with Crippen LogP contribution < -0.4 is 10.1 Å². The maximum Gasteiger partial charge on any atom is 0.221 e. The zero-order valence-corrected chi connectivity index (χ0v) is 10.1. The largest absolute Gasteiger partial charge is 0.488 e. The minimum absolute atomic E-state index is 0.0714. The van der Waals surface area contributed by atoms with Crippen LogP contribution in [-0.2, 0) is 11.4 Å². The van der Waals surface area contributed by atoms with Gasteiger partial charge in [-0.15, -0.1) is 0 Å². The van der Waals surface area contributed by atoms with Gasteiger partial charge in [0.05, 0.1) is 0 Å². The highest BCUT2D eigenvalue weighted by Crippen LogP contribution is 2.13. The lowest BCUT2D eigenvalue weighted by molar-refractivity contribution is -0.114. The van der Waals surface area contributed by atoms with Gasteiger partial charge in [-0.1, -0.05) is 30.3 Å². The second-order valence-electron chi connectivity index (χ2n) is 3.89. The molecular formula is C15H14NO2. The van der Waals surface area contributed by atoms with Gasteiger partial charge in [0.1, 0.15) is 12.4 Å². The first kappa shape index (κ1) is 12.2. The van der Waals surface area contributed by atoms with E-state index in [0.717, 1.165) is 17.0 Å². The van der Waals surface area contributed by atoms with Gasteiger partial charge in [0.15, 0.2) is 0 Å². The topological polar surface area (TPSA) is 38.3 Å². The van der Waals surface area contributed by atoms with Gasteiger partial charge < -0.3 is 10.1 Å². The average molecular weight is 240 g/mol. The molecule has 91 valence electrons. The standard InChI is InChI=1S/C15H14NO2/c1-12(17)16-14-9-7-13(8-10-14)11-18-15-5-3-2-4-6-15/h2-5,7-10H,11H2,1H3,(H,16,17). The van der Waals surface area contributed by atoms with Crippen LogP contribution in [0.3, 0.4) is 0 Å². The summed E-state index contributed by atoms with van der Waals surface area (Å²) in [5, 5.41) is 2.72. The minimum atomic E-state index is -0.0714. The maximum absolute atomic E-state index is 10.9. The molecule has 0 bridgehead atoms. The Morgan fingerprint density at radius 3 is 2.61 bits per heavy atom. The van der Waals surface area contributed by atoms with Crippen molar-refractivity contribution >= 4 is 11.6 Å². The van der Waals surface area contributed by atoms with Crippen molar-refractivity contribution in [3.8, 4) is 5.75 Å². The highest BCUT2D eigenvalue weighted by molar-refractivity contribution is 5.88. The molecule has 2 rings (SSSR count). The first-order valence-corrected chi connectivity index (χ1v) is 5.70. The van der Waals surface area contributed by atoms with E-state index >= 15 is 0 Å². The highest BCUT2D eigenvalue weighted by atomic mass is 16.5. The van der Waals surface area contributed by atoms with Crippen molar-refractivity contribution in [1.82, 2.24) is 0 Å². The van der Waals surface area contributed by atoms with E-state index < -0.39 is 0 Å². The van der Waals surface area contributed by atoms with Crippen LogP contribution >= 0.6 is 0 Å². The van der Waals surface area contributed by atoms with Gasteiger partial charge in [-0.3, -0.25) is 4.79 Å². The summed E-state index contributed by atoms with van der Waals surface area (Å²) in [4.78, 5) is 10.9. The smallest absolute Gasteiger partial charge is 0.221 e. The molecule has 0 saturated heterocycles. The van der Waals surface area contributed by atoms with Crippen molar-refractivity contribution in [1.29, 1.82) is 0 Å². The third-order valence-electron chi connectivity index (χ3n) is 2.35. The van der Waals surface area contributed by atoms with Crippen LogP contribution in [0.4, 0.5) is 5.69 Å². The lowest BCUT2D eigenvalue weighted by atomic mass is 10.2. The molecule has 3 nitrogen and oxygen atoms in total. The molecule has 1 N–H and O–H groups in total. The van der Waals surface area contributed by atoms with E-state index in [1.54, 1.807) is 0 Å². The van der Waals surface area contributed by atoms with Crippen LogP contribution in [0.2, 0.25) is 0 Å². The van der Waals surface area contributed by atoms with Crippen LogP contribution in [-0.4, -0.2) is 5.91 Å². The number of ether oxygens (including phenoxy) is 1. The van der Waals surface area contributed by atoms with Crippen molar-refractivity contribution in [2.24, 2.45) is 0 Å². The first-order valence-electron chi connectivity index (χ1n) is 5.70. The van der Waals surface area contributed by atoms with Crippen molar-refractivity contribution in [2.75, 3.05) is 5.32 Å². The zero-order valence-electron chi connectivity index (χ0n) is 10.1. The summed E-state index contributed by atoms with van der Waals surface area (Å²) in [7, 11) is 0. The Hall–Kier alpha value is -2.29. The number of para-hydroxylation sites is 1. The Kier molecular flexibility index (Phi) is 3.97. The molecule has 0 saturated carbocycles. The van der Waals surface area contributed by atoms with Gasteiger partial charge in [0.25, 0.3) is 0 Å². The summed E-state index contributed by atoms with van der Waals surface area (Å²) >= 11 is 0. The van der Waals surface area contributed by atoms with E-state index in [1.165, 1.54) is 6.92 Å². The van der Waals surface area contributed by atoms with Gasteiger partial charge in [0, 0.05) is 18.7 Å². The lowest BCUT2D eigenvalue weighted by Gasteiger charge is -2.07. The Labute approximate surface area is 106 Å². The number of amides is 1. The summed E-state index contributed by atoms with van der Waals surface area (Å²) in [6.07, 6.45) is 0. The first-order chi connectivity index (χ1) is 8.74. The molecule has 0 fully saturated rings. The molecule has 0 atom stereocenters. The van der Waals surface area contributed by atoms with Crippen molar-refractivity contribution < 1.29 is 9.53 Å². The molecule has 0 unspecified atom stereocenters. The van der Waals surface area contributed by atoms with Gasteiger partial charge in [-0.05, 0) is 23.8 Å². The summed E-state index contributed by atoms with van der Waals surface area (Å²) in [5.74, 6) is 0.654. The summed E-state index contributed by atoms with van der Waals surface area (Å²) < 4.78 is 5.57. The minimum Gasteiger partial charge on any atom is -0.488 e. The maximum atomic E-state index is 10.9. The normalized spacial score (nSPS) is 9.83. The Morgan fingerprint density at radius 2 is 2.00 bits per heavy atom. The second kappa shape index (κ2) is 5.87.